The SMILES string of the molecule is CC1CCN(C(=O)c2ccc3n[nH]nc3c2)C2CCCCC12. The van der Waals surface area contributed by atoms with E-state index >= 15 is 0 Å². The molecule has 0 radical (unpaired) electrons. The summed E-state index contributed by atoms with van der Waals surface area (Å²) >= 11 is 0. The summed E-state index contributed by atoms with van der Waals surface area (Å²) in [6.07, 6.45) is 6.13. The number of hydrogen-bond acceptors (Lipinski definition) is 3. The molecule has 0 bridgehead atoms. The molecule has 1 saturated carbocycles. The van der Waals surface area contributed by atoms with Gasteiger partial charge in [-0.2, -0.15) is 15.4 Å². The van der Waals surface area contributed by atoms with Gasteiger partial charge < -0.3 is 4.90 Å². The van der Waals surface area contributed by atoms with E-state index in [1.807, 2.05) is 18.2 Å². The standard InChI is InChI=1S/C17H22N4O/c1-11-8-9-21(16-5-3-2-4-13(11)16)17(22)12-6-7-14-15(10-12)19-20-18-14/h6-7,10-11,13,16H,2-5,8-9H2,1H3,(H,18,19,20). The molecule has 1 saturated heterocycles. The summed E-state index contributed by atoms with van der Waals surface area (Å²) < 4.78 is 0. The van der Waals surface area contributed by atoms with E-state index in [0.717, 1.165) is 41.9 Å². The van der Waals surface area contributed by atoms with Crippen LogP contribution in [0.3, 0.4) is 0 Å². The molecule has 2 aliphatic rings. The predicted molar refractivity (Wildman–Crippen MR) is 84.5 cm³/mol. The number of nitrogens with zero attached hydrogens (tertiary/aromatic N) is 3. The van der Waals surface area contributed by atoms with Crippen LogP contribution in [-0.4, -0.2) is 38.8 Å². The molecule has 5 heteroatoms. The summed E-state index contributed by atoms with van der Waals surface area (Å²) in [5, 5.41) is 10.7. The van der Waals surface area contributed by atoms with Crippen LogP contribution in [0, 0.1) is 11.8 Å². The van der Waals surface area contributed by atoms with Gasteiger partial charge in [-0.25, -0.2) is 0 Å². The second-order valence-corrected chi connectivity index (χ2v) is 6.81. The first kappa shape index (κ1) is 13.7. The molecule has 5 nitrogen and oxygen atoms in total. The molecule has 22 heavy (non-hydrogen) atoms. The molecule has 3 atom stereocenters. The van der Waals surface area contributed by atoms with E-state index < -0.39 is 0 Å². The fourth-order valence-electron chi connectivity index (χ4n) is 4.30. The Morgan fingerprint density at radius 3 is 2.91 bits per heavy atom. The number of nitrogens with one attached hydrogen (secondary N) is 1. The monoisotopic (exact) mass is 298 g/mol. The van der Waals surface area contributed by atoms with Crippen molar-refractivity contribution in [1.29, 1.82) is 0 Å². The van der Waals surface area contributed by atoms with Crippen molar-refractivity contribution in [2.75, 3.05) is 6.54 Å². The summed E-state index contributed by atoms with van der Waals surface area (Å²) in [5.74, 6) is 1.59. The lowest BCUT2D eigenvalue weighted by molar-refractivity contribution is 0.0218. The summed E-state index contributed by atoms with van der Waals surface area (Å²) in [4.78, 5) is 15.1. The first-order valence-corrected chi connectivity index (χ1v) is 8.35. The average Bonchev–Trinajstić information content (AvgIpc) is 3.02. The highest BCUT2D eigenvalue weighted by atomic mass is 16.2. The number of piperidine rings is 1. The third-order valence-electron chi connectivity index (χ3n) is 5.56. The van der Waals surface area contributed by atoms with Crippen LogP contribution < -0.4 is 0 Å². The number of H-pyrrole nitrogens is 1. The minimum absolute atomic E-state index is 0.161. The van der Waals surface area contributed by atoms with Crippen LogP contribution in [0.4, 0.5) is 0 Å². The van der Waals surface area contributed by atoms with Crippen molar-refractivity contribution >= 4 is 16.9 Å². The molecule has 3 unspecified atom stereocenters. The molecule has 1 aliphatic heterocycles. The molecule has 1 aliphatic carbocycles. The maximum Gasteiger partial charge on any atom is 0.254 e. The van der Waals surface area contributed by atoms with Crippen molar-refractivity contribution in [3.05, 3.63) is 23.8 Å². The molecule has 1 amide bonds. The summed E-state index contributed by atoms with van der Waals surface area (Å²) in [5.41, 5.74) is 2.30. The lowest BCUT2D eigenvalue weighted by Crippen LogP contribution is -2.52. The van der Waals surface area contributed by atoms with Crippen LogP contribution in [0.1, 0.15) is 49.4 Å². The Kier molecular flexibility index (Phi) is 3.36. The molecule has 1 aromatic carbocycles. The quantitative estimate of drug-likeness (QED) is 0.880. The Morgan fingerprint density at radius 1 is 1.18 bits per heavy atom. The van der Waals surface area contributed by atoms with E-state index in [-0.39, 0.29) is 5.91 Å². The summed E-state index contributed by atoms with van der Waals surface area (Å²) in [6.45, 7) is 3.24. The Hall–Kier alpha value is -1.91. The van der Waals surface area contributed by atoms with E-state index in [4.69, 9.17) is 0 Å². The zero-order valence-electron chi connectivity index (χ0n) is 13.0. The van der Waals surface area contributed by atoms with E-state index in [1.165, 1.54) is 19.3 Å². The molecule has 116 valence electrons. The molecule has 0 spiro atoms. The molecular weight excluding hydrogens is 276 g/mol. The zero-order valence-corrected chi connectivity index (χ0v) is 13.0. The summed E-state index contributed by atoms with van der Waals surface area (Å²) in [7, 11) is 0. The lowest BCUT2D eigenvalue weighted by Gasteiger charge is -2.47. The van der Waals surface area contributed by atoms with Crippen LogP contribution in [0.25, 0.3) is 11.0 Å². The van der Waals surface area contributed by atoms with E-state index in [0.29, 0.717) is 12.0 Å². The highest BCUT2D eigenvalue weighted by Crippen LogP contribution is 2.39. The number of likely N-dealkylation sites (tertiary alicyclic amines) is 1. The topological polar surface area (TPSA) is 61.9 Å². The molecule has 2 heterocycles. The highest BCUT2D eigenvalue weighted by Gasteiger charge is 2.39. The minimum Gasteiger partial charge on any atom is -0.335 e. The normalized spacial score (nSPS) is 28.6. The second kappa shape index (κ2) is 5.38. The maximum atomic E-state index is 13.0. The van der Waals surface area contributed by atoms with Gasteiger partial charge in [-0.05, 0) is 49.3 Å². The number of amides is 1. The average molecular weight is 298 g/mol. The van der Waals surface area contributed by atoms with Gasteiger partial charge >= 0.3 is 0 Å². The van der Waals surface area contributed by atoms with Gasteiger partial charge in [0, 0.05) is 18.2 Å². The van der Waals surface area contributed by atoms with E-state index in [9.17, 15) is 4.79 Å². The van der Waals surface area contributed by atoms with Crippen LogP contribution in [0.15, 0.2) is 18.2 Å². The second-order valence-electron chi connectivity index (χ2n) is 6.81. The van der Waals surface area contributed by atoms with Crippen molar-refractivity contribution in [1.82, 2.24) is 20.3 Å². The Labute approximate surface area is 130 Å². The number of carbonyl (C=O) groups excluding carboxylic acids is 1. The van der Waals surface area contributed by atoms with E-state index in [1.54, 1.807) is 0 Å². The van der Waals surface area contributed by atoms with Crippen LogP contribution in [0.5, 0.6) is 0 Å². The number of aromatic amines is 1. The van der Waals surface area contributed by atoms with Gasteiger partial charge in [-0.3, -0.25) is 4.79 Å². The minimum atomic E-state index is 0.161. The van der Waals surface area contributed by atoms with Crippen molar-refractivity contribution in [3.63, 3.8) is 0 Å². The van der Waals surface area contributed by atoms with Crippen LogP contribution in [0.2, 0.25) is 0 Å². The third-order valence-corrected chi connectivity index (χ3v) is 5.56. The van der Waals surface area contributed by atoms with E-state index in [2.05, 4.69) is 27.2 Å². The number of aromatic nitrogens is 3. The van der Waals surface area contributed by atoms with Crippen molar-refractivity contribution < 1.29 is 4.79 Å². The third kappa shape index (κ3) is 2.19. The van der Waals surface area contributed by atoms with Crippen molar-refractivity contribution in [3.8, 4) is 0 Å². The fraction of sp³-hybridized carbons (Fsp3) is 0.588. The smallest absolute Gasteiger partial charge is 0.254 e. The van der Waals surface area contributed by atoms with Crippen molar-refractivity contribution in [2.45, 2.75) is 45.1 Å². The van der Waals surface area contributed by atoms with Crippen LogP contribution in [-0.2, 0) is 0 Å². The number of hydrogen-bond donors (Lipinski definition) is 1. The lowest BCUT2D eigenvalue weighted by atomic mass is 9.72. The van der Waals surface area contributed by atoms with Gasteiger partial charge in [0.2, 0.25) is 0 Å². The van der Waals surface area contributed by atoms with Gasteiger partial charge in [0.15, 0.2) is 0 Å². The fourth-order valence-corrected chi connectivity index (χ4v) is 4.30. The first-order valence-electron chi connectivity index (χ1n) is 8.35. The number of carbonyl (C=O) groups is 1. The molecule has 2 aromatic rings. The molecular formula is C17H22N4O. The number of benzene rings is 1. The molecule has 1 N–H and O–H groups in total. The van der Waals surface area contributed by atoms with Gasteiger partial charge in [-0.15, -0.1) is 0 Å². The largest absolute Gasteiger partial charge is 0.335 e. The first-order chi connectivity index (χ1) is 10.7. The van der Waals surface area contributed by atoms with Gasteiger partial charge in [0.25, 0.3) is 5.91 Å². The Bertz CT molecular complexity index is 695. The van der Waals surface area contributed by atoms with Gasteiger partial charge in [0.05, 0.1) is 0 Å². The number of fused-ring (bicyclic) bond motifs is 2. The Balaban J connectivity index is 1.63. The molecule has 1 aromatic heterocycles. The Morgan fingerprint density at radius 2 is 2.00 bits per heavy atom. The highest BCUT2D eigenvalue weighted by molar-refractivity contribution is 5.97. The number of rotatable bonds is 1. The van der Waals surface area contributed by atoms with Gasteiger partial charge in [0.1, 0.15) is 11.0 Å². The van der Waals surface area contributed by atoms with Crippen LogP contribution >= 0.6 is 0 Å². The predicted octanol–water partition coefficient (Wildman–Crippen LogP) is 3.00. The van der Waals surface area contributed by atoms with Gasteiger partial charge in [-0.1, -0.05) is 19.8 Å². The van der Waals surface area contributed by atoms with Crippen molar-refractivity contribution in [2.24, 2.45) is 11.8 Å². The summed E-state index contributed by atoms with van der Waals surface area (Å²) in [6, 6.07) is 6.04. The maximum absolute atomic E-state index is 13.0. The molecule has 4 rings (SSSR count). The molecule has 2 fully saturated rings. The zero-order chi connectivity index (χ0) is 15.1.